The summed E-state index contributed by atoms with van der Waals surface area (Å²) < 4.78 is 5.42. The van der Waals surface area contributed by atoms with Crippen LogP contribution in [0.15, 0.2) is 22.7 Å². The van der Waals surface area contributed by atoms with Crippen LogP contribution in [0.2, 0.25) is 0 Å². The van der Waals surface area contributed by atoms with Crippen LogP contribution in [0.25, 0.3) is 0 Å². The highest BCUT2D eigenvalue weighted by Gasteiger charge is 2.31. The van der Waals surface area contributed by atoms with Gasteiger partial charge < -0.3 is 15.4 Å². The number of carbonyl (C=O) groups excluding carboxylic acids is 2. The van der Waals surface area contributed by atoms with Gasteiger partial charge in [0, 0.05) is 22.3 Å². The van der Waals surface area contributed by atoms with Crippen molar-refractivity contribution in [2.24, 2.45) is 0 Å². The molecule has 2 rings (SSSR count). The number of halogens is 1. The van der Waals surface area contributed by atoms with Crippen LogP contribution in [0.4, 0.5) is 5.69 Å². The third-order valence-electron chi connectivity index (χ3n) is 2.77. The van der Waals surface area contributed by atoms with Crippen molar-refractivity contribution in [2.75, 3.05) is 19.0 Å². The van der Waals surface area contributed by atoms with Gasteiger partial charge in [-0.2, -0.15) is 0 Å². The molecule has 1 aliphatic rings. The zero-order valence-electron chi connectivity index (χ0n) is 9.83. The van der Waals surface area contributed by atoms with Gasteiger partial charge in [-0.1, -0.05) is 22.0 Å². The van der Waals surface area contributed by atoms with Gasteiger partial charge in [0.25, 0.3) is 0 Å². The van der Waals surface area contributed by atoms with E-state index in [0.29, 0.717) is 6.54 Å². The summed E-state index contributed by atoms with van der Waals surface area (Å²) in [5, 5.41) is 5.84. The molecule has 1 atom stereocenters. The number of fused-ring (bicyclic) bond motifs is 1. The Bertz CT molecular complexity index is 490. The molecule has 1 aromatic rings. The molecular weight excluding hydrogens is 300 g/mol. The fourth-order valence-corrected chi connectivity index (χ4v) is 2.49. The Balaban J connectivity index is 2.06. The minimum absolute atomic E-state index is 0.109. The molecule has 0 aromatic heterocycles. The lowest BCUT2D eigenvalue weighted by atomic mass is 10.1. The molecule has 18 heavy (non-hydrogen) atoms. The van der Waals surface area contributed by atoms with Crippen molar-refractivity contribution in [1.29, 1.82) is 0 Å². The molecule has 0 radical (unpaired) electrons. The van der Waals surface area contributed by atoms with Crippen molar-refractivity contribution in [2.45, 2.75) is 12.5 Å². The Morgan fingerprint density at radius 1 is 1.56 bits per heavy atom. The summed E-state index contributed by atoms with van der Waals surface area (Å²) in [6.07, 6.45) is 0.236. The quantitative estimate of drug-likeness (QED) is 0.829. The first-order chi connectivity index (χ1) is 8.63. The third kappa shape index (κ3) is 2.54. The third-order valence-corrected chi connectivity index (χ3v) is 3.46. The maximum absolute atomic E-state index is 11.8. The van der Waals surface area contributed by atoms with E-state index in [2.05, 4.69) is 31.3 Å². The van der Waals surface area contributed by atoms with E-state index in [-0.39, 0.29) is 18.3 Å². The molecule has 1 unspecified atom stereocenters. The van der Waals surface area contributed by atoms with E-state index < -0.39 is 6.04 Å². The minimum Gasteiger partial charge on any atom is -0.469 e. The Kier molecular flexibility index (Phi) is 3.98. The summed E-state index contributed by atoms with van der Waals surface area (Å²) >= 11 is 3.43. The van der Waals surface area contributed by atoms with E-state index >= 15 is 0 Å². The van der Waals surface area contributed by atoms with Gasteiger partial charge >= 0.3 is 5.97 Å². The van der Waals surface area contributed by atoms with Crippen LogP contribution in [-0.4, -0.2) is 25.5 Å². The molecule has 0 saturated carbocycles. The second-order valence-corrected chi connectivity index (χ2v) is 4.76. The number of anilines is 1. The lowest BCUT2D eigenvalue weighted by Gasteiger charge is -2.12. The Morgan fingerprint density at radius 3 is 3.06 bits per heavy atom. The van der Waals surface area contributed by atoms with Gasteiger partial charge in [0.15, 0.2) is 0 Å². The summed E-state index contributed by atoms with van der Waals surface area (Å²) in [7, 11) is 1.34. The van der Waals surface area contributed by atoms with E-state index in [9.17, 15) is 9.59 Å². The Hall–Kier alpha value is -1.40. The molecule has 1 amide bonds. The van der Waals surface area contributed by atoms with Crippen molar-refractivity contribution in [3.63, 3.8) is 0 Å². The normalized spacial score (nSPS) is 17.2. The predicted octanol–water partition coefficient (Wildman–Crippen LogP) is 1.59. The first-order valence-electron chi connectivity index (χ1n) is 5.53. The molecule has 6 heteroatoms. The average molecular weight is 313 g/mol. The first kappa shape index (κ1) is 13.0. The smallest absolute Gasteiger partial charge is 0.306 e. The molecule has 0 aliphatic carbocycles. The van der Waals surface area contributed by atoms with Crippen molar-refractivity contribution in [1.82, 2.24) is 5.32 Å². The van der Waals surface area contributed by atoms with Crippen LogP contribution < -0.4 is 10.6 Å². The number of methoxy groups -OCH3 is 1. The van der Waals surface area contributed by atoms with Gasteiger partial charge in [-0.05, 0) is 12.1 Å². The molecule has 1 heterocycles. The van der Waals surface area contributed by atoms with E-state index in [1.807, 2.05) is 18.2 Å². The second kappa shape index (κ2) is 5.49. The van der Waals surface area contributed by atoms with Crippen LogP contribution in [0.3, 0.4) is 0 Å². The van der Waals surface area contributed by atoms with Gasteiger partial charge in [0.05, 0.1) is 13.5 Å². The minimum atomic E-state index is -0.430. The maximum Gasteiger partial charge on any atom is 0.306 e. The van der Waals surface area contributed by atoms with Crippen molar-refractivity contribution in [3.8, 4) is 0 Å². The molecular formula is C12H13BrN2O3. The number of nitrogens with one attached hydrogen (secondary N) is 2. The summed E-state index contributed by atoms with van der Waals surface area (Å²) in [6, 6.07) is 5.16. The number of hydrogen-bond donors (Lipinski definition) is 2. The molecule has 0 saturated heterocycles. The molecule has 0 spiro atoms. The number of rotatable bonds is 4. The number of esters is 1. The lowest BCUT2D eigenvalue weighted by Crippen LogP contribution is -2.29. The summed E-state index contributed by atoms with van der Waals surface area (Å²) in [4.78, 5) is 22.8. The molecule has 1 aromatic carbocycles. The second-order valence-electron chi connectivity index (χ2n) is 3.90. The van der Waals surface area contributed by atoms with Gasteiger partial charge in [-0.15, -0.1) is 0 Å². The van der Waals surface area contributed by atoms with Crippen molar-refractivity contribution >= 4 is 33.5 Å². The van der Waals surface area contributed by atoms with Gasteiger partial charge in [0.2, 0.25) is 5.91 Å². The average Bonchev–Trinajstić information content (AvgIpc) is 2.67. The van der Waals surface area contributed by atoms with E-state index in [1.54, 1.807) is 0 Å². The SMILES string of the molecule is COC(=O)CCNC1C(=O)Nc2cccc(Br)c21. The van der Waals surface area contributed by atoms with Crippen LogP contribution in [0.5, 0.6) is 0 Å². The van der Waals surface area contributed by atoms with E-state index in [1.165, 1.54) is 7.11 Å². The molecule has 5 nitrogen and oxygen atoms in total. The number of ether oxygens (including phenoxy) is 1. The summed E-state index contributed by atoms with van der Waals surface area (Å²) in [5.41, 5.74) is 1.68. The van der Waals surface area contributed by atoms with Crippen LogP contribution in [0, 0.1) is 0 Å². The molecule has 2 N–H and O–H groups in total. The van der Waals surface area contributed by atoms with Crippen LogP contribution in [0.1, 0.15) is 18.0 Å². The molecule has 0 bridgehead atoms. The Morgan fingerprint density at radius 2 is 2.33 bits per heavy atom. The fraction of sp³-hybridized carbons (Fsp3) is 0.333. The first-order valence-corrected chi connectivity index (χ1v) is 6.32. The molecule has 1 aliphatic heterocycles. The van der Waals surface area contributed by atoms with Crippen molar-refractivity contribution in [3.05, 3.63) is 28.2 Å². The Labute approximate surface area is 113 Å². The van der Waals surface area contributed by atoms with Gasteiger partial charge in [-0.25, -0.2) is 0 Å². The molecule has 96 valence electrons. The van der Waals surface area contributed by atoms with Gasteiger partial charge in [-0.3, -0.25) is 9.59 Å². The maximum atomic E-state index is 11.8. The van der Waals surface area contributed by atoms with E-state index in [4.69, 9.17) is 0 Å². The fourth-order valence-electron chi connectivity index (χ4n) is 1.89. The zero-order chi connectivity index (χ0) is 13.1. The number of hydrogen-bond acceptors (Lipinski definition) is 4. The van der Waals surface area contributed by atoms with E-state index in [0.717, 1.165) is 15.7 Å². The van der Waals surface area contributed by atoms with Crippen LogP contribution >= 0.6 is 15.9 Å². The zero-order valence-corrected chi connectivity index (χ0v) is 11.4. The highest BCUT2D eigenvalue weighted by Crippen LogP contribution is 2.36. The topological polar surface area (TPSA) is 67.4 Å². The summed E-state index contributed by atoms with van der Waals surface area (Å²) in [5.74, 6) is -0.407. The number of amides is 1. The number of carbonyl (C=O) groups is 2. The van der Waals surface area contributed by atoms with Crippen LogP contribution in [-0.2, 0) is 14.3 Å². The standard InChI is InChI=1S/C12H13BrN2O3/c1-18-9(16)5-6-14-11-10-7(13)3-2-4-8(10)15-12(11)17/h2-4,11,14H,5-6H2,1H3,(H,15,17). The number of benzene rings is 1. The van der Waals surface area contributed by atoms with Gasteiger partial charge in [0.1, 0.15) is 6.04 Å². The lowest BCUT2D eigenvalue weighted by molar-refractivity contribution is -0.140. The highest BCUT2D eigenvalue weighted by atomic mass is 79.9. The highest BCUT2D eigenvalue weighted by molar-refractivity contribution is 9.10. The molecule has 0 fully saturated rings. The van der Waals surface area contributed by atoms with Crippen molar-refractivity contribution < 1.29 is 14.3 Å². The summed E-state index contributed by atoms with van der Waals surface area (Å²) in [6.45, 7) is 0.394. The largest absolute Gasteiger partial charge is 0.469 e. The predicted molar refractivity (Wildman–Crippen MR) is 70.1 cm³/mol. The monoisotopic (exact) mass is 312 g/mol.